The minimum Gasteiger partial charge on any atom is -0.369 e. The van der Waals surface area contributed by atoms with Gasteiger partial charge in [0.2, 0.25) is 0 Å². The number of benzene rings is 1. The van der Waals surface area contributed by atoms with Crippen molar-refractivity contribution in [3.8, 4) is 0 Å². The van der Waals surface area contributed by atoms with Crippen molar-refractivity contribution < 1.29 is 4.39 Å². The molecule has 3 nitrogen and oxygen atoms in total. The van der Waals surface area contributed by atoms with Crippen LogP contribution in [-0.2, 0) is 0 Å². The molecule has 1 saturated heterocycles. The molecule has 1 heterocycles. The lowest BCUT2D eigenvalue weighted by molar-refractivity contribution is 0.276. The standard InChI is InChI=1S/C17H24FN3/c1-14(12-19-16-4-5-16)13-20-8-10-21(11-9-20)17-6-2-15(18)3-7-17/h2-3,6-7,16,19H,1,4-5,8-13H2. The predicted octanol–water partition coefficient (Wildman–Crippen LogP) is 2.26. The number of rotatable bonds is 6. The molecule has 0 radical (unpaired) electrons. The Bertz CT molecular complexity index is 473. The molecule has 0 bridgehead atoms. The van der Waals surface area contributed by atoms with Crippen molar-refractivity contribution in [3.63, 3.8) is 0 Å². The molecule has 3 rings (SSSR count). The maximum atomic E-state index is 13.0. The van der Waals surface area contributed by atoms with Crippen molar-refractivity contribution in [3.05, 3.63) is 42.2 Å². The average Bonchev–Trinajstić information content (AvgIpc) is 3.31. The van der Waals surface area contributed by atoms with E-state index >= 15 is 0 Å². The Hall–Kier alpha value is -1.39. The third-order valence-corrected chi connectivity index (χ3v) is 4.23. The van der Waals surface area contributed by atoms with Crippen LogP contribution in [0, 0.1) is 5.82 Å². The van der Waals surface area contributed by atoms with Gasteiger partial charge in [-0.3, -0.25) is 4.90 Å². The van der Waals surface area contributed by atoms with Gasteiger partial charge in [-0.2, -0.15) is 0 Å². The number of hydrogen-bond acceptors (Lipinski definition) is 3. The van der Waals surface area contributed by atoms with Crippen molar-refractivity contribution in [2.45, 2.75) is 18.9 Å². The van der Waals surface area contributed by atoms with Gasteiger partial charge in [0, 0.05) is 51.0 Å². The lowest BCUT2D eigenvalue weighted by Gasteiger charge is -2.36. The second kappa shape index (κ2) is 6.58. The SMILES string of the molecule is C=C(CNC1CC1)CN1CCN(c2ccc(F)cc2)CC1. The summed E-state index contributed by atoms with van der Waals surface area (Å²) in [4.78, 5) is 4.78. The highest BCUT2D eigenvalue weighted by Crippen LogP contribution is 2.19. The Morgan fingerprint density at radius 1 is 1.14 bits per heavy atom. The first-order chi connectivity index (χ1) is 10.2. The Kier molecular flexibility index (Phi) is 4.56. The predicted molar refractivity (Wildman–Crippen MR) is 85.2 cm³/mol. The molecule has 0 atom stereocenters. The van der Waals surface area contributed by atoms with E-state index in [1.54, 1.807) is 0 Å². The van der Waals surface area contributed by atoms with Crippen molar-refractivity contribution in [2.75, 3.05) is 44.2 Å². The van der Waals surface area contributed by atoms with Crippen LogP contribution in [-0.4, -0.2) is 50.2 Å². The van der Waals surface area contributed by atoms with Crippen LogP contribution >= 0.6 is 0 Å². The first kappa shape index (κ1) is 14.5. The summed E-state index contributed by atoms with van der Waals surface area (Å²) in [7, 11) is 0. The summed E-state index contributed by atoms with van der Waals surface area (Å²) in [6, 6.07) is 7.55. The van der Waals surface area contributed by atoms with Gasteiger partial charge in [-0.15, -0.1) is 0 Å². The zero-order valence-corrected chi connectivity index (χ0v) is 12.5. The third-order valence-electron chi connectivity index (χ3n) is 4.23. The molecule has 1 aliphatic heterocycles. The quantitative estimate of drug-likeness (QED) is 0.810. The molecule has 1 aliphatic carbocycles. The normalized spacial score (nSPS) is 19.8. The van der Waals surface area contributed by atoms with Crippen LogP contribution in [0.5, 0.6) is 0 Å². The zero-order chi connectivity index (χ0) is 14.7. The highest BCUT2D eigenvalue weighted by atomic mass is 19.1. The molecular weight excluding hydrogens is 265 g/mol. The lowest BCUT2D eigenvalue weighted by Crippen LogP contribution is -2.47. The lowest BCUT2D eigenvalue weighted by atomic mass is 10.2. The molecule has 1 saturated carbocycles. The summed E-state index contributed by atoms with van der Waals surface area (Å²) >= 11 is 0. The summed E-state index contributed by atoms with van der Waals surface area (Å²) in [5.74, 6) is -0.170. The summed E-state index contributed by atoms with van der Waals surface area (Å²) in [5.41, 5.74) is 2.39. The van der Waals surface area contributed by atoms with Gasteiger partial charge in [0.15, 0.2) is 0 Å². The summed E-state index contributed by atoms with van der Waals surface area (Å²) in [6.07, 6.45) is 2.65. The van der Waals surface area contributed by atoms with Gasteiger partial charge >= 0.3 is 0 Å². The molecule has 0 amide bonds. The second-order valence-corrected chi connectivity index (χ2v) is 6.14. The number of anilines is 1. The van der Waals surface area contributed by atoms with E-state index in [1.165, 1.54) is 30.5 Å². The molecular formula is C17H24FN3. The largest absolute Gasteiger partial charge is 0.369 e. The Morgan fingerprint density at radius 2 is 1.81 bits per heavy atom. The molecule has 0 spiro atoms. The van der Waals surface area contributed by atoms with Crippen molar-refractivity contribution in [1.82, 2.24) is 10.2 Å². The van der Waals surface area contributed by atoms with Crippen molar-refractivity contribution >= 4 is 5.69 Å². The van der Waals surface area contributed by atoms with E-state index in [0.717, 1.165) is 51.0 Å². The number of piperazine rings is 1. The first-order valence-corrected chi connectivity index (χ1v) is 7.83. The van der Waals surface area contributed by atoms with Crippen LogP contribution in [0.4, 0.5) is 10.1 Å². The highest BCUT2D eigenvalue weighted by molar-refractivity contribution is 5.46. The highest BCUT2D eigenvalue weighted by Gasteiger charge is 2.21. The van der Waals surface area contributed by atoms with E-state index < -0.39 is 0 Å². The molecule has 0 unspecified atom stereocenters. The molecule has 1 aromatic carbocycles. The molecule has 114 valence electrons. The summed E-state index contributed by atoms with van der Waals surface area (Å²) in [5, 5.41) is 3.51. The van der Waals surface area contributed by atoms with E-state index in [0.29, 0.717) is 0 Å². The minimum absolute atomic E-state index is 0.170. The van der Waals surface area contributed by atoms with Gasteiger partial charge < -0.3 is 10.2 Å². The fourth-order valence-electron chi connectivity index (χ4n) is 2.76. The Labute approximate surface area is 126 Å². The molecule has 2 aliphatic rings. The number of halogens is 1. The summed E-state index contributed by atoms with van der Waals surface area (Å²) < 4.78 is 13.0. The fraction of sp³-hybridized carbons (Fsp3) is 0.529. The van der Waals surface area contributed by atoms with Gasteiger partial charge in [0.1, 0.15) is 5.82 Å². The zero-order valence-electron chi connectivity index (χ0n) is 12.5. The number of nitrogens with one attached hydrogen (secondary N) is 1. The number of hydrogen-bond donors (Lipinski definition) is 1. The molecule has 1 N–H and O–H groups in total. The van der Waals surface area contributed by atoms with Crippen molar-refractivity contribution in [2.24, 2.45) is 0 Å². The molecule has 2 fully saturated rings. The molecule has 0 aromatic heterocycles. The second-order valence-electron chi connectivity index (χ2n) is 6.14. The first-order valence-electron chi connectivity index (χ1n) is 7.83. The van der Waals surface area contributed by atoms with E-state index in [4.69, 9.17) is 0 Å². The van der Waals surface area contributed by atoms with E-state index in [1.807, 2.05) is 12.1 Å². The number of nitrogens with zero attached hydrogens (tertiary/aromatic N) is 2. The Balaban J connectivity index is 1.41. The topological polar surface area (TPSA) is 18.5 Å². The Morgan fingerprint density at radius 3 is 2.43 bits per heavy atom. The van der Waals surface area contributed by atoms with Crippen LogP contribution in [0.3, 0.4) is 0 Å². The third kappa shape index (κ3) is 4.29. The van der Waals surface area contributed by atoms with Gasteiger partial charge in [0.25, 0.3) is 0 Å². The monoisotopic (exact) mass is 289 g/mol. The molecule has 4 heteroatoms. The van der Waals surface area contributed by atoms with Crippen LogP contribution in [0.25, 0.3) is 0 Å². The van der Waals surface area contributed by atoms with Crippen LogP contribution in [0.1, 0.15) is 12.8 Å². The van der Waals surface area contributed by atoms with Crippen molar-refractivity contribution in [1.29, 1.82) is 0 Å². The van der Waals surface area contributed by atoms with E-state index in [2.05, 4.69) is 21.7 Å². The summed E-state index contributed by atoms with van der Waals surface area (Å²) in [6.45, 7) is 10.2. The molecule has 21 heavy (non-hydrogen) atoms. The van der Waals surface area contributed by atoms with Crippen LogP contribution in [0.15, 0.2) is 36.4 Å². The smallest absolute Gasteiger partial charge is 0.123 e. The van der Waals surface area contributed by atoms with Gasteiger partial charge in [-0.05, 0) is 42.7 Å². The molecule has 1 aromatic rings. The van der Waals surface area contributed by atoms with Gasteiger partial charge in [-0.1, -0.05) is 6.58 Å². The fourth-order valence-corrected chi connectivity index (χ4v) is 2.76. The maximum Gasteiger partial charge on any atom is 0.123 e. The maximum absolute atomic E-state index is 13.0. The average molecular weight is 289 g/mol. The van der Waals surface area contributed by atoms with Gasteiger partial charge in [0.05, 0.1) is 0 Å². The van der Waals surface area contributed by atoms with Crippen LogP contribution in [0.2, 0.25) is 0 Å². The van der Waals surface area contributed by atoms with E-state index in [-0.39, 0.29) is 5.82 Å². The van der Waals surface area contributed by atoms with Gasteiger partial charge in [-0.25, -0.2) is 4.39 Å². The minimum atomic E-state index is -0.170. The van der Waals surface area contributed by atoms with Crippen LogP contribution < -0.4 is 10.2 Å². The van der Waals surface area contributed by atoms with E-state index in [9.17, 15) is 4.39 Å².